The maximum atomic E-state index is 12.4. The summed E-state index contributed by atoms with van der Waals surface area (Å²) in [5.74, 6) is 0.236. The lowest BCUT2D eigenvalue weighted by molar-refractivity contribution is -0.132. The molecule has 134 valence electrons. The highest BCUT2D eigenvalue weighted by Gasteiger charge is 2.22. The average Bonchev–Trinajstić information content (AvgIpc) is 2.97. The lowest BCUT2D eigenvalue weighted by Crippen LogP contribution is -2.36. The smallest absolute Gasteiger partial charge is 0.245 e. The first kappa shape index (κ1) is 18.7. The fourth-order valence-corrected chi connectivity index (χ4v) is 2.40. The van der Waals surface area contributed by atoms with Gasteiger partial charge in [-0.15, -0.1) is 0 Å². The molecule has 2 aromatic rings. The number of hydrogen-bond donors (Lipinski definition) is 1. The molecule has 0 saturated heterocycles. The van der Waals surface area contributed by atoms with Crippen molar-refractivity contribution in [2.45, 2.75) is 40.0 Å². The van der Waals surface area contributed by atoms with E-state index in [4.69, 9.17) is 0 Å². The van der Waals surface area contributed by atoms with Gasteiger partial charge in [-0.25, -0.2) is 4.68 Å². The maximum Gasteiger partial charge on any atom is 0.245 e. The standard InChI is InChI=1S/C19H26N4O2/c1-6-22(14(2)24)13-18(25)20-17-12-16(19(3,4)5)21-23(17)15-10-8-7-9-11-15/h7-12H,6,13H2,1-5H3,(H,20,25). The number of benzene rings is 1. The Kier molecular flexibility index (Phi) is 5.62. The number of carbonyl (C=O) groups excluding carboxylic acids is 2. The molecule has 0 unspecified atom stereocenters. The van der Waals surface area contributed by atoms with Crippen molar-refractivity contribution in [1.29, 1.82) is 0 Å². The van der Waals surface area contributed by atoms with Gasteiger partial charge in [0.25, 0.3) is 0 Å². The normalized spacial score (nSPS) is 11.2. The Morgan fingerprint density at radius 2 is 1.84 bits per heavy atom. The molecule has 1 aromatic carbocycles. The van der Waals surface area contributed by atoms with Crippen LogP contribution in [0, 0.1) is 0 Å². The van der Waals surface area contributed by atoms with E-state index in [1.807, 2.05) is 43.3 Å². The van der Waals surface area contributed by atoms with Crippen molar-refractivity contribution in [2.75, 3.05) is 18.4 Å². The van der Waals surface area contributed by atoms with E-state index in [1.54, 1.807) is 4.68 Å². The summed E-state index contributed by atoms with van der Waals surface area (Å²) in [5.41, 5.74) is 1.60. The number of nitrogens with zero attached hydrogens (tertiary/aromatic N) is 3. The summed E-state index contributed by atoms with van der Waals surface area (Å²) in [6.45, 7) is 10.1. The quantitative estimate of drug-likeness (QED) is 0.908. The molecule has 6 heteroatoms. The van der Waals surface area contributed by atoms with Gasteiger partial charge in [0, 0.05) is 24.9 Å². The summed E-state index contributed by atoms with van der Waals surface area (Å²) in [5, 5.41) is 7.55. The molecule has 1 aromatic heterocycles. The maximum absolute atomic E-state index is 12.4. The molecule has 1 N–H and O–H groups in total. The highest BCUT2D eigenvalue weighted by atomic mass is 16.2. The van der Waals surface area contributed by atoms with Crippen LogP contribution in [0.4, 0.5) is 5.82 Å². The predicted octanol–water partition coefficient (Wildman–Crippen LogP) is 2.98. The van der Waals surface area contributed by atoms with Gasteiger partial charge >= 0.3 is 0 Å². The van der Waals surface area contributed by atoms with E-state index >= 15 is 0 Å². The van der Waals surface area contributed by atoms with Crippen LogP contribution in [0.2, 0.25) is 0 Å². The highest BCUT2D eigenvalue weighted by molar-refractivity contribution is 5.93. The van der Waals surface area contributed by atoms with E-state index < -0.39 is 0 Å². The zero-order valence-corrected chi connectivity index (χ0v) is 15.5. The molecule has 2 amide bonds. The van der Waals surface area contributed by atoms with Crippen LogP contribution in [-0.2, 0) is 15.0 Å². The van der Waals surface area contributed by atoms with Gasteiger partial charge in [0.1, 0.15) is 5.82 Å². The number of likely N-dealkylation sites (N-methyl/N-ethyl adjacent to an activating group) is 1. The van der Waals surface area contributed by atoms with Gasteiger partial charge in [0.2, 0.25) is 11.8 Å². The number of carbonyl (C=O) groups is 2. The van der Waals surface area contributed by atoms with Crippen molar-refractivity contribution < 1.29 is 9.59 Å². The fourth-order valence-electron chi connectivity index (χ4n) is 2.40. The summed E-state index contributed by atoms with van der Waals surface area (Å²) in [4.78, 5) is 25.4. The van der Waals surface area contributed by atoms with Gasteiger partial charge in [-0.1, -0.05) is 39.0 Å². The molecule has 0 atom stereocenters. The summed E-state index contributed by atoms with van der Waals surface area (Å²) >= 11 is 0. The fraction of sp³-hybridized carbons (Fsp3) is 0.421. The van der Waals surface area contributed by atoms with Crippen LogP contribution >= 0.6 is 0 Å². The molecular weight excluding hydrogens is 316 g/mol. The summed E-state index contributed by atoms with van der Waals surface area (Å²) in [6.07, 6.45) is 0. The molecule has 0 fully saturated rings. The Morgan fingerprint density at radius 1 is 1.20 bits per heavy atom. The molecule has 0 aliphatic carbocycles. The molecule has 0 aliphatic rings. The highest BCUT2D eigenvalue weighted by Crippen LogP contribution is 2.26. The minimum absolute atomic E-state index is 0.0245. The number of para-hydroxylation sites is 1. The molecule has 0 saturated carbocycles. The van der Waals surface area contributed by atoms with E-state index in [9.17, 15) is 9.59 Å². The molecule has 0 bridgehead atoms. The van der Waals surface area contributed by atoms with E-state index in [2.05, 4.69) is 31.2 Å². The summed E-state index contributed by atoms with van der Waals surface area (Å²) < 4.78 is 1.72. The first-order valence-corrected chi connectivity index (χ1v) is 8.43. The molecular formula is C19H26N4O2. The average molecular weight is 342 g/mol. The molecule has 6 nitrogen and oxygen atoms in total. The summed E-state index contributed by atoms with van der Waals surface area (Å²) in [6, 6.07) is 11.5. The number of anilines is 1. The Hall–Kier alpha value is -2.63. The molecule has 2 rings (SSSR count). The Bertz CT molecular complexity index is 745. The lowest BCUT2D eigenvalue weighted by Gasteiger charge is -2.18. The van der Waals surface area contributed by atoms with Crippen LogP contribution in [-0.4, -0.2) is 39.6 Å². The van der Waals surface area contributed by atoms with Gasteiger partial charge in [-0.2, -0.15) is 5.10 Å². The van der Waals surface area contributed by atoms with Gasteiger partial charge in [-0.3, -0.25) is 9.59 Å². The minimum Gasteiger partial charge on any atom is -0.334 e. The predicted molar refractivity (Wildman–Crippen MR) is 98.8 cm³/mol. The van der Waals surface area contributed by atoms with Gasteiger partial charge in [-0.05, 0) is 19.1 Å². The van der Waals surface area contributed by atoms with Crippen molar-refractivity contribution >= 4 is 17.6 Å². The van der Waals surface area contributed by atoms with Crippen LogP contribution in [0.25, 0.3) is 5.69 Å². The molecule has 25 heavy (non-hydrogen) atoms. The van der Waals surface area contributed by atoms with Crippen LogP contribution in [0.15, 0.2) is 36.4 Å². The minimum atomic E-state index is -0.241. The molecule has 0 radical (unpaired) electrons. The molecule has 0 spiro atoms. The largest absolute Gasteiger partial charge is 0.334 e. The third-order valence-electron chi connectivity index (χ3n) is 3.91. The number of amides is 2. The zero-order valence-electron chi connectivity index (χ0n) is 15.5. The second-order valence-corrected chi connectivity index (χ2v) is 6.99. The van der Waals surface area contributed by atoms with Crippen molar-refractivity contribution in [2.24, 2.45) is 0 Å². The molecule has 0 aliphatic heterocycles. The Morgan fingerprint density at radius 3 is 2.36 bits per heavy atom. The van der Waals surface area contributed by atoms with Gasteiger partial charge < -0.3 is 10.2 Å². The summed E-state index contributed by atoms with van der Waals surface area (Å²) in [7, 11) is 0. The van der Waals surface area contributed by atoms with Crippen LogP contribution in [0.3, 0.4) is 0 Å². The van der Waals surface area contributed by atoms with Crippen LogP contribution < -0.4 is 5.32 Å². The van der Waals surface area contributed by atoms with Gasteiger partial charge in [0.15, 0.2) is 0 Å². The number of rotatable bonds is 5. The van der Waals surface area contributed by atoms with Crippen LogP contribution in [0.5, 0.6) is 0 Å². The first-order valence-electron chi connectivity index (χ1n) is 8.43. The Labute approximate surface area is 148 Å². The van der Waals surface area contributed by atoms with E-state index in [1.165, 1.54) is 11.8 Å². The van der Waals surface area contributed by atoms with Crippen molar-refractivity contribution in [3.8, 4) is 5.69 Å². The third kappa shape index (κ3) is 4.68. The van der Waals surface area contributed by atoms with E-state index in [0.717, 1.165) is 11.4 Å². The van der Waals surface area contributed by atoms with Crippen molar-refractivity contribution in [3.63, 3.8) is 0 Å². The topological polar surface area (TPSA) is 67.2 Å². The van der Waals surface area contributed by atoms with E-state index in [0.29, 0.717) is 12.4 Å². The Balaban J connectivity index is 2.31. The second-order valence-electron chi connectivity index (χ2n) is 6.99. The molecule has 1 heterocycles. The van der Waals surface area contributed by atoms with E-state index in [-0.39, 0.29) is 23.8 Å². The monoisotopic (exact) mass is 342 g/mol. The zero-order chi connectivity index (χ0) is 18.6. The number of hydrogen-bond acceptors (Lipinski definition) is 3. The second kappa shape index (κ2) is 7.51. The van der Waals surface area contributed by atoms with Crippen molar-refractivity contribution in [1.82, 2.24) is 14.7 Å². The number of nitrogens with one attached hydrogen (secondary N) is 1. The first-order chi connectivity index (χ1) is 11.7. The lowest BCUT2D eigenvalue weighted by atomic mass is 9.92. The third-order valence-corrected chi connectivity index (χ3v) is 3.91. The number of aromatic nitrogens is 2. The van der Waals surface area contributed by atoms with Gasteiger partial charge in [0.05, 0.1) is 17.9 Å². The van der Waals surface area contributed by atoms with Crippen LogP contribution in [0.1, 0.15) is 40.3 Å². The SMILES string of the molecule is CCN(CC(=O)Nc1cc(C(C)(C)C)nn1-c1ccccc1)C(C)=O. The van der Waals surface area contributed by atoms with Crippen molar-refractivity contribution in [3.05, 3.63) is 42.1 Å².